The molecule has 1 aliphatic rings. The highest BCUT2D eigenvalue weighted by Crippen LogP contribution is 2.35. The van der Waals surface area contributed by atoms with E-state index >= 15 is 0 Å². The highest BCUT2D eigenvalue weighted by atomic mass is 15.0. The number of hydrogen-bond acceptors (Lipinski definition) is 1. The first kappa shape index (κ1) is 18.0. The molecular formula is C19H39N. The molecule has 0 aromatic rings. The fourth-order valence-corrected chi connectivity index (χ4v) is 3.26. The van der Waals surface area contributed by atoms with E-state index < -0.39 is 0 Å². The predicted molar refractivity (Wildman–Crippen MR) is 91.3 cm³/mol. The van der Waals surface area contributed by atoms with Gasteiger partial charge < -0.3 is 5.32 Å². The second-order valence-corrected chi connectivity index (χ2v) is 7.13. The molecule has 0 bridgehead atoms. The summed E-state index contributed by atoms with van der Waals surface area (Å²) in [5, 5.41) is 3.82. The maximum absolute atomic E-state index is 3.82. The van der Waals surface area contributed by atoms with E-state index in [-0.39, 0.29) is 0 Å². The lowest BCUT2D eigenvalue weighted by Crippen LogP contribution is -2.35. The van der Waals surface area contributed by atoms with Gasteiger partial charge in [0.25, 0.3) is 0 Å². The molecule has 0 amide bonds. The van der Waals surface area contributed by atoms with E-state index in [0.29, 0.717) is 5.41 Å². The van der Waals surface area contributed by atoms with Crippen LogP contribution in [-0.2, 0) is 0 Å². The molecule has 1 N–H and O–H groups in total. The summed E-state index contributed by atoms with van der Waals surface area (Å²) in [7, 11) is 0. The second-order valence-electron chi connectivity index (χ2n) is 7.13. The fourth-order valence-electron chi connectivity index (χ4n) is 3.26. The molecule has 0 spiro atoms. The van der Waals surface area contributed by atoms with E-state index in [1.54, 1.807) is 0 Å². The van der Waals surface area contributed by atoms with Crippen LogP contribution in [0.2, 0.25) is 0 Å². The van der Waals surface area contributed by atoms with Crippen LogP contribution in [0.5, 0.6) is 0 Å². The van der Waals surface area contributed by atoms with Crippen molar-refractivity contribution in [2.75, 3.05) is 6.54 Å². The van der Waals surface area contributed by atoms with Gasteiger partial charge in [-0.15, -0.1) is 0 Å². The molecule has 0 aromatic carbocycles. The summed E-state index contributed by atoms with van der Waals surface area (Å²) in [5.41, 5.74) is 0.601. The van der Waals surface area contributed by atoms with Crippen molar-refractivity contribution in [1.29, 1.82) is 0 Å². The van der Waals surface area contributed by atoms with E-state index in [1.165, 1.54) is 90.0 Å². The zero-order chi connectivity index (χ0) is 14.7. The van der Waals surface area contributed by atoms with Gasteiger partial charge >= 0.3 is 0 Å². The van der Waals surface area contributed by atoms with Crippen molar-refractivity contribution in [2.45, 2.75) is 110 Å². The third kappa shape index (κ3) is 7.67. The van der Waals surface area contributed by atoms with Gasteiger partial charge in [0.05, 0.1) is 0 Å². The van der Waals surface area contributed by atoms with Crippen LogP contribution in [0.4, 0.5) is 0 Å². The van der Waals surface area contributed by atoms with E-state index in [4.69, 9.17) is 0 Å². The zero-order valence-electron chi connectivity index (χ0n) is 14.5. The van der Waals surface area contributed by atoms with E-state index in [0.717, 1.165) is 6.04 Å². The highest BCUT2D eigenvalue weighted by Gasteiger charge is 2.30. The molecule has 1 atom stereocenters. The van der Waals surface area contributed by atoms with Crippen LogP contribution in [0.15, 0.2) is 0 Å². The largest absolute Gasteiger partial charge is 0.313 e. The van der Waals surface area contributed by atoms with Crippen molar-refractivity contribution < 1.29 is 0 Å². The Bertz CT molecular complexity index is 222. The number of unbranched alkanes of at least 4 members (excludes halogenated alkanes) is 6. The SMILES string of the molecule is CCCCCCCCC(CC)(CCCC)CNC1CC1. The molecule has 1 saturated carbocycles. The van der Waals surface area contributed by atoms with Crippen LogP contribution < -0.4 is 5.32 Å². The standard InChI is InChI=1S/C19H39N/c1-4-7-9-10-11-12-16-19(6-3,15-8-5-2)17-20-18-13-14-18/h18,20H,4-17H2,1-3H3. The molecule has 0 radical (unpaired) electrons. The summed E-state index contributed by atoms with van der Waals surface area (Å²) in [6.45, 7) is 8.33. The van der Waals surface area contributed by atoms with Crippen molar-refractivity contribution in [3.63, 3.8) is 0 Å². The summed E-state index contributed by atoms with van der Waals surface area (Å²) >= 11 is 0. The molecule has 1 nitrogen and oxygen atoms in total. The van der Waals surface area contributed by atoms with E-state index in [1.807, 2.05) is 0 Å². The van der Waals surface area contributed by atoms with Crippen LogP contribution in [-0.4, -0.2) is 12.6 Å². The van der Waals surface area contributed by atoms with Crippen LogP contribution in [0.3, 0.4) is 0 Å². The van der Waals surface area contributed by atoms with Crippen LogP contribution in [0.25, 0.3) is 0 Å². The normalized spacial score (nSPS) is 18.1. The molecular weight excluding hydrogens is 242 g/mol. The summed E-state index contributed by atoms with van der Waals surface area (Å²) in [5.74, 6) is 0. The molecule has 0 aliphatic heterocycles. The first-order valence-electron chi connectivity index (χ1n) is 9.49. The zero-order valence-corrected chi connectivity index (χ0v) is 14.5. The Morgan fingerprint density at radius 3 is 2.00 bits per heavy atom. The smallest absolute Gasteiger partial charge is 0.00684 e. The second kappa shape index (κ2) is 10.7. The van der Waals surface area contributed by atoms with Crippen molar-refractivity contribution in [2.24, 2.45) is 5.41 Å². The monoisotopic (exact) mass is 281 g/mol. The Morgan fingerprint density at radius 1 is 0.800 bits per heavy atom. The average molecular weight is 282 g/mol. The molecule has 0 saturated heterocycles. The van der Waals surface area contributed by atoms with Gasteiger partial charge in [0.1, 0.15) is 0 Å². The molecule has 1 unspecified atom stereocenters. The third-order valence-corrected chi connectivity index (χ3v) is 5.21. The van der Waals surface area contributed by atoms with Crippen LogP contribution in [0, 0.1) is 5.41 Å². The Kier molecular flexibility index (Phi) is 9.59. The Labute approximate surface area is 128 Å². The van der Waals surface area contributed by atoms with Gasteiger partial charge in [-0.25, -0.2) is 0 Å². The quantitative estimate of drug-likeness (QED) is 0.381. The van der Waals surface area contributed by atoms with Gasteiger partial charge in [-0.2, -0.15) is 0 Å². The number of hydrogen-bond donors (Lipinski definition) is 1. The lowest BCUT2D eigenvalue weighted by Gasteiger charge is -2.34. The van der Waals surface area contributed by atoms with Crippen LogP contribution in [0.1, 0.15) is 104 Å². The molecule has 120 valence electrons. The first-order valence-corrected chi connectivity index (χ1v) is 9.49. The maximum Gasteiger partial charge on any atom is 0.00684 e. The summed E-state index contributed by atoms with van der Waals surface area (Å²) in [4.78, 5) is 0. The lowest BCUT2D eigenvalue weighted by atomic mass is 9.75. The fraction of sp³-hybridized carbons (Fsp3) is 1.00. The molecule has 1 heteroatoms. The highest BCUT2D eigenvalue weighted by molar-refractivity contribution is 4.87. The first-order chi connectivity index (χ1) is 9.76. The predicted octanol–water partition coefficient (Wildman–Crippen LogP) is 6.08. The van der Waals surface area contributed by atoms with Gasteiger partial charge in [0.15, 0.2) is 0 Å². The third-order valence-electron chi connectivity index (χ3n) is 5.21. The molecule has 1 rings (SSSR count). The summed E-state index contributed by atoms with van der Waals surface area (Å²) in [6.07, 6.45) is 18.5. The Balaban J connectivity index is 2.26. The minimum Gasteiger partial charge on any atom is -0.313 e. The number of rotatable bonds is 14. The lowest BCUT2D eigenvalue weighted by molar-refractivity contribution is 0.203. The van der Waals surface area contributed by atoms with Gasteiger partial charge in [0.2, 0.25) is 0 Å². The summed E-state index contributed by atoms with van der Waals surface area (Å²) in [6, 6.07) is 0.868. The van der Waals surface area contributed by atoms with E-state index in [2.05, 4.69) is 26.1 Å². The van der Waals surface area contributed by atoms with E-state index in [9.17, 15) is 0 Å². The van der Waals surface area contributed by atoms with Gasteiger partial charge in [-0.1, -0.05) is 72.1 Å². The average Bonchev–Trinajstić information content (AvgIpc) is 3.29. The van der Waals surface area contributed by atoms with Crippen molar-refractivity contribution in [1.82, 2.24) is 5.32 Å². The van der Waals surface area contributed by atoms with Crippen molar-refractivity contribution >= 4 is 0 Å². The minimum atomic E-state index is 0.601. The molecule has 1 fully saturated rings. The van der Waals surface area contributed by atoms with Crippen molar-refractivity contribution in [3.8, 4) is 0 Å². The van der Waals surface area contributed by atoms with Gasteiger partial charge in [-0.3, -0.25) is 0 Å². The van der Waals surface area contributed by atoms with Gasteiger partial charge in [0, 0.05) is 12.6 Å². The van der Waals surface area contributed by atoms with Crippen molar-refractivity contribution in [3.05, 3.63) is 0 Å². The molecule has 0 aromatic heterocycles. The van der Waals surface area contributed by atoms with Crippen LogP contribution >= 0.6 is 0 Å². The minimum absolute atomic E-state index is 0.601. The topological polar surface area (TPSA) is 12.0 Å². The van der Waals surface area contributed by atoms with Gasteiger partial charge in [-0.05, 0) is 37.5 Å². The molecule has 1 aliphatic carbocycles. The Hall–Kier alpha value is -0.0400. The summed E-state index contributed by atoms with van der Waals surface area (Å²) < 4.78 is 0. The maximum atomic E-state index is 3.82. The molecule has 20 heavy (non-hydrogen) atoms. The Morgan fingerprint density at radius 2 is 1.40 bits per heavy atom. The number of nitrogens with one attached hydrogen (secondary N) is 1. The molecule has 0 heterocycles.